The van der Waals surface area contributed by atoms with Crippen molar-refractivity contribution >= 4 is 12.2 Å². The Hall–Kier alpha value is -0.860. The van der Waals surface area contributed by atoms with Crippen molar-refractivity contribution in [2.75, 3.05) is 0 Å². The fourth-order valence-corrected chi connectivity index (χ4v) is 4.76. The highest BCUT2D eigenvalue weighted by Gasteiger charge is 2.48. The minimum Gasteiger partial charge on any atom is -0.353 e. The van der Waals surface area contributed by atoms with Crippen LogP contribution in [0.1, 0.15) is 51.4 Å². The number of carbonyl (C=O) groups is 2. The summed E-state index contributed by atoms with van der Waals surface area (Å²) in [6.07, 6.45) is 9.43. The third-order valence-electron chi connectivity index (χ3n) is 5.28. The molecule has 3 nitrogen and oxygen atoms in total. The molecule has 4 saturated carbocycles. The largest absolute Gasteiger partial charge is 0.353 e. The molecule has 0 spiro atoms. The lowest BCUT2D eigenvalue weighted by atomic mass is 9.54. The fourth-order valence-electron chi connectivity index (χ4n) is 4.76. The van der Waals surface area contributed by atoms with Gasteiger partial charge in [-0.1, -0.05) is 0 Å². The lowest BCUT2D eigenvalue weighted by Gasteiger charge is -2.54. The van der Waals surface area contributed by atoms with Gasteiger partial charge in [0.05, 0.1) is 0 Å². The molecule has 4 fully saturated rings. The number of unbranched alkanes of at least 4 members (excludes halogenated alkanes) is 1. The zero-order valence-electron chi connectivity index (χ0n) is 10.9. The Morgan fingerprint density at radius 1 is 1.06 bits per heavy atom. The summed E-state index contributed by atoms with van der Waals surface area (Å²) in [7, 11) is 0. The van der Waals surface area contributed by atoms with Crippen LogP contribution in [0.4, 0.5) is 0 Å². The second kappa shape index (κ2) is 5.02. The van der Waals surface area contributed by atoms with Gasteiger partial charge in [0, 0.05) is 18.9 Å². The van der Waals surface area contributed by atoms with Crippen LogP contribution in [0.3, 0.4) is 0 Å². The van der Waals surface area contributed by atoms with E-state index < -0.39 is 0 Å². The van der Waals surface area contributed by atoms with Crippen LogP contribution in [0.2, 0.25) is 0 Å². The van der Waals surface area contributed by atoms with Crippen molar-refractivity contribution in [3.63, 3.8) is 0 Å². The number of aldehydes is 1. The van der Waals surface area contributed by atoms with Crippen LogP contribution in [-0.2, 0) is 9.59 Å². The number of rotatable bonds is 5. The molecule has 0 unspecified atom stereocenters. The molecule has 0 aromatic carbocycles. The van der Waals surface area contributed by atoms with E-state index >= 15 is 0 Å². The minimum absolute atomic E-state index is 0.161. The monoisotopic (exact) mass is 249 g/mol. The van der Waals surface area contributed by atoms with E-state index in [1.807, 2.05) is 0 Å². The van der Waals surface area contributed by atoms with Gasteiger partial charge in [-0.3, -0.25) is 4.79 Å². The van der Waals surface area contributed by atoms with E-state index in [-0.39, 0.29) is 5.91 Å². The molecule has 0 saturated heterocycles. The molecule has 18 heavy (non-hydrogen) atoms. The molecule has 3 heteroatoms. The van der Waals surface area contributed by atoms with Crippen molar-refractivity contribution in [2.24, 2.45) is 23.7 Å². The maximum Gasteiger partial charge on any atom is 0.220 e. The van der Waals surface area contributed by atoms with E-state index in [2.05, 4.69) is 5.32 Å². The smallest absolute Gasteiger partial charge is 0.220 e. The average molecular weight is 249 g/mol. The fraction of sp³-hybridized carbons (Fsp3) is 0.867. The summed E-state index contributed by atoms with van der Waals surface area (Å²) in [5.74, 6) is 3.56. The molecule has 0 radical (unpaired) electrons. The van der Waals surface area contributed by atoms with E-state index in [0.717, 1.165) is 30.0 Å². The molecule has 1 amide bonds. The van der Waals surface area contributed by atoms with Crippen molar-refractivity contribution in [3.05, 3.63) is 0 Å². The Kier molecular flexibility index (Phi) is 3.40. The van der Waals surface area contributed by atoms with Gasteiger partial charge in [-0.15, -0.1) is 0 Å². The maximum atomic E-state index is 11.9. The van der Waals surface area contributed by atoms with Crippen LogP contribution in [0.5, 0.6) is 0 Å². The lowest BCUT2D eigenvalue weighted by molar-refractivity contribution is -0.125. The number of carbonyl (C=O) groups excluding carboxylic acids is 2. The first-order valence-electron chi connectivity index (χ1n) is 7.49. The molecule has 0 heterocycles. The average Bonchev–Trinajstić information content (AvgIpc) is 2.33. The standard InChI is InChI=1S/C15H23NO2/c17-4-2-1-3-14(18)16-15-12-6-10-5-11(8-12)9-13(15)7-10/h4,10-13,15H,1-3,5-9H2,(H,16,18). The topological polar surface area (TPSA) is 46.2 Å². The highest BCUT2D eigenvalue weighted by molar-refractivity contribution is 5.76. The van der Waals surface area contributed by atoms with Gasteiger partial charge in [-0.25, -0.2) is 0 Å². The molecule has 0 aliphatic heterocycles. The van der Waals surface area contributed by atoms with Gasteiger partial charge in [0.15, 0.2) is 0 Å². The van der Waals surface area contributed by atoms with E-state index in [9.17, 15) is 9.59 Å². The summed E-state index contributed by atoms with van der Waals surface area (Å²) in [5, 5.41) is 3.27. The summed E-state index contributed by atoms with van der Waals surface area (Å²) >= 11 is 0. The van der Waals surface area contributed by atoms with Gasteiger partial charge in [0.1, 0.15) is 6.29 Å². The Morgan fingerprint density at radius 2 is 1.67 bits per heavy atom. The van der Waals surface area contributed by atoms with Gasteiger partial charge in [0.2, 0.25) is 5.91 Å². The Bertz CT molecular complexity index is 311. The van der Waals surface area contributed by atoms with Crippen LogP contribution in [0.15, 0.2) is 0 Å². The van der Waals surface area contributed by atoms with Crippen LogP contribution < -0.4 is 5.32 Å². The second-order valence-electron chi connectivity index (χ2n) is 6.58. The summed E-state index contributed by atoms with van der Waals surface area (Å²) in [5.41, 5.74) is 0. The molecular weight excluding hydrogens is 226 g/mol. The zero-order valence-corrected chi connectivity index (χ0v) is 10.9. The maximum absolute atomic E-state index is 11.9. The van der Waals surface area contributed by atoms with E-state index in [1.165, 1.54) is 32.1 Å². The second-order valence-corrected chi connectivity index (χ2v) is 6.58. The van der Waals surface area contributed by atoms with Gasteiger partial charge >= 0.3 is 0 Å². The van der Waals surface area contributed by atoms with Crippen LogP contribution in [0, 0.1) is 23.7 Å². The van der Waals surface area contributed by atoms with Crippen LogP contribution >= 0.6 is 0 Å². The predicted octanol–water partition coefficient (Wildman–Crippen LogP) is 2.30. The quantitative estimate of drug-likeness (QED) is 0.600. The predicted molar refractivity (Wildman–Crippen MR) is 68.9 cm³/mol. The highest BCUT2D eigenvalue weighted by Crippen LogP contribution is 2.53. The molecule has 100 valence electrons. The van der Waals surface area contributed by atoms with Gasteiger partial charge in [0.25, 0.3) is 0 Å². The Labute approximate surface area is 109 Å². The Morgan fingerprint density at radius 3 is 2.22 bits per heavy atom. The molecule has 0 aromatic rings. The third-order valence-corrected chi connectivity index (χ3v) is 5.28. The Balaban J connectivity index is 1.53. The summed E-state index contributed by atoms with van der Waals surface area (Å²) in [6.45, 7) is 0. The summed E-state index contributed by atoms with van der Waals surface area (Å²) < 4.78 is 0. The van der Waals surface area contributed by atoms with Crippen molar-refractivity contribution in [1.29, 1.82) is 0 Å². The van der Waals surface area contributed by atoms with E-state index in [0.29, 0.717) is 25.3 Å². The van der Waals surface area contributed by atoms with Crippen molar-refractivity contribution in [2.45, 2.75) is 57.4 Å². The van der Waals surface area contributed by atoms with E-state index in [1.54, 1.807) is 0 Å². The van der Waals surface area contributed by atoms with Crippen LogP contribution in [0.25, 0.3) is 0 Å². The van der Waals surface area contributed by atoms with Crippen molar-refractivity contribution < 1.29 is 9.59 Å². The zero-order chi connectivity index (χ0) is 12.5. The van der Waals surface area contributed by atoms with Gasteiger partial charge in [-0.05, 0) is 62.2 Å². The molecule has 4 bridgehead atoms. The molecule has 0 atom stereocenters. The molecule has 1 N–H and O–H groups in total. The summed E-state index contributed by atoms with van der Waals surface area (Å²) in [6, 6.07) is 0.446. The van der Waals surface area contributed by atoms with Crippen LogP contribution in [-0.4, -0.2) is 18.2 Å². The molecule has 0 aromatic heterocycles. The van der Waals surface area contributed by atoms with Gasteiger partial charge < -0.3 is 10.1 Å². The first-order chi connectivity index (χ1) is 8.76. The molecular formula is C15H23NO2. The normalized spacial score (nSPS) is 40.8. The molecule has 4 aliphatic rings. The molecule has 4 aliphatic carbocycles. The van der Waals surface area contributed by atoms with Gasteiger partial charge in [-0.2, -0.15) is 0 Å². The van der Waals surface area contributed by atoms with E-state index in [4.69, 9.17) is 0 Å². The SMILES string of the molecule is O=CCCCC(=O)NC1C2CC3CC(C2)CC1C3. The number of hydrogen-bond donors (Lipinski definition) is 1. The number of amides is 1. The lowest BCUT2D eigenvalue weighted by Crippen LogP contribution is -2.55. The third kappa shape index (κ3) is 2.32. The minimum atomic E-state index is 0.161. The first kappa shape index (κ1) is 12.2. The first-order valence-corrected chi connectivity index (χ1v) is 7.49. The van der Waals surface area contributed by atoms with Crippen molar-refractivity contribution in [1.82, 2.24) is 5.32 Å². The highest BCUT2D eigenvalue weighted by atomic mass is 16.1. The summed E-state index contributed by atoms with van der Waals surface area (Å²) in [4.78, 5) is 22.1. The number of hydrogen-bond acceptors (Lipinski definition) is 2. The van der Waals surface area contributed by atoms with Crippen molar-refractivity contribution in [3.8, 4) is 0 Å². The number of nitrogens with one attached hydrogen (secondary N) is 1. The molecule has 4 rings (SSSR count).